The zero-order valence-corrected chi connectivity index (χ0v) is 8.25. The van der Waals surface area contributed by atoms with Crippen LogP contribution in [0.5, 0.6) is 0 Å². The maximum atomic E-state index is 10.7. The van der Waals surface area contributed by atoms with Crippen molar-refractivity contribution < 1.29 is 22.8 Å². The first-order chi connectivity index (χ1) is 7.23. The molecule has 0 amide bonds. The molecule has 9 nitrogen and oxygen atoms in total. The third-order valence-electron chi connectivity index (χ3n) is 1.63. The summed E-state index contributed by atoms with van der Waals surface area (Å²) in [6.45, 7) is 0. The SMILES string of the molecule is O=[N+]([O-])c1ccc(S(=O)(=O)O)c([N+](=O)[O-])c1.[NaH]. The van der Waals surface area contributed by atoms with Crippen molar-refractivity contribution in [3.8, 4) is 0 Å². The van der Waals surface area contributed by atoms with Gasteiger partial charge >= 0.3 is 39.7 Å². The van der Waals surface area contributed by atoms with Gasteiger partial charge in [0, 0.05) is 6.07 Å². The number of nitrogens with zero attached hydrogens (tertiary/aromatic N) is 2. The first-order valence-corrected chi connectivity index (χ1v) is 5.08. The molecule has 0 saturated carbocycles. The van der Waals surface area contributed by atoms with Gasteiger partial charge in [0.2, 0.25) is 0 Å². The van der Waals surface area contributed by atoms with E-state index in [1.165, 1.54) is 0 Å². The van der Waals surface area contributed by atoms with E-state index in [1.54, 1.807) is 0 Å². The van der Waals surface area contributed by atoms with E-state index in [-0.39, 0.29) is 29.6 Å². The molecule has 0 heterocycles. The molecular formula is C6H5N2NaO7S. The molecule has 11 heteroatoms. The number of hydrogen-bond donors (Lipinski definition) is 1. The van der Waals surface area contributed by atoms with Crippen molar-refractivity contribution in [1.29, 1.82) is 0 Å². The van der Waals surface area contributed by atoms with Gasteiger partial charge in [0.1, 0.15) is 0 Å². The van der Waals surface area contributed by atoms with Crippen molar-refractivity contribution in [3.05, 3.63) is 38.4 Å². The molecular weight excluding hydrogens is 267 g/mol. The quantitative estimate of drug-likeness (QED) is 0.356. The van der Waals surface area contributed by atoms with Crippen LogP contribution in [0, 0.1) is 20.2 Å². The van der Waals surface area contributed by atoms with Gasteiger partial charge in [-0.15, -0.1) is 0 Å². The Hall–Kier alpha value is -1.07. The summed E-state index contributed by atoms with van der Waals surface area (Å²) in [4.78, 5) is 17.7. The summed E-state index contributed by atoms with van der Waals surface area (Å²) >= 11 is 0. The molecule has 88 valence electrons. The molecule has 0 aliphatic rings. The summed E-state index contributed by atoms with van der Waals surface area (Å²) in [5.74, 6) is 0. The second-order valence-electron chi connectivity index (χ2n) is 2.64. The topological polar surface area (TPSA) is 141 Å². The van der Waals surface area contributed by atoms with Crippen molar-refractivity contribution in [3.63, 3.8) is 0 Å². The number of non-ortho nitro benzene ring substituents is 1. The molecule has 0 aromatic heterocycles. The van der Waals surface area contributed by atoms with E-state index in [2.05, 4.69) is 0 Å². The van der Waals surface area contributed by atoms with Crippen LogP contribution in [0.1, 0.15) is 0 Å². The third-order valence-corrected chi connectivity index (χ3v) is 2.53. The Labute approximate surface area is 117 Å². The molecule has 17 heavy (non-hydrogen) atoms. The number of benzene rings is 1. The Morgan fingerprint density at radius 1 is 1.12 bits per heavy atom. The number of nitro groups is 2. The van der Waals surface area contributed by atoms with E-state index in [1.807, 2.05) is 0 Å². The third kappa shape index (κ3) is 3.71. The molecule has 1 rings (SSSR count). The summed E-state index contributed by atoms with van der Waals surface area (Å²) in [6, 6.07) is 1.81. The first kappa shape index (κ1) is 15.9. The molecule has 0 saturated heterocycles. The van der Waals surface area contributed by atoms with Gasteiger partial charge in [-0.2, -0.15) is 8.42 Å². The molecule has 0 unspecified atom stereocenters. The summed E-state index contributed by atoms with van der Waals surface area (Å²) < 4.78 is 30.1. The average molecular weight is 272 g/mol. The van der Waals surface area contributed by atoms with Crippen LogP contribution in [0.25, 0.3) is 0 Å². The van der Waals surface area contributed by atoms with E-state index >= 15 is 0 Å². The molecule has 1 aromatic rings. The van der Waals surface area contributed by atoms with Gasteiger partial charge in [0.05, 0.1) is 15.9 Å². The molecule has 0 fully saturated rings. The van der Waals surface area contributed by atoms with Crippen LogP contribution in [-0.2, 0) is 10.1 Å². The average Bonchev–Trinajstić information content (AvgIpc) is 2.15. The van der Waals surface area contributed by atoms with E-state index in [4.69, 9.17) is 4.55 Å². The van der Waals surface area contributed by atoms with Crippen LogP contribution in [0.4, 0.5) is 11.4 Å². The fraction of sp³-hybridized carbons (Fsp3) is 0. The molecule has 0 bridgehead atoms. The van der Waals surface area contributed by atoms with Crippen molar-refractivity contribution in [2.75, 3.05) is 0 Å². The van der Waals surface area contributed by atoms with Crippen molar-refractivity contribution in [2.24, 2.45) is 0 Å². The summed E-state index contributed by atoms with van der Waals surface area (Å²) in [5, 5.41) is 20.8. The van der Waals surface area contributed by atoms with Gasteiger partial charge in [-0.05, 0) is 6.07 Å². The van der Waals surface area contributed by atoms with Crippen LogP contribution >= 0.6 is 0 Å². The molecule has 0 radical (unpaired) electrons. The Kier molecular flexibility index (Phi) is 5.16. The van der Waals surface area contributed by atoms with E-state index in [9.17, 15) is 28.6 Å². The summed E-state index contributed by atoms with van der Waals surface area (Å²) in [5.41, 5.74) is -1.68. The molecule has 0 aliphatic heterocycles. The summed E-state index contributed by atoms with van der Waals surface area (Å²) in [6.07, 6.45) is 0. The zero-order chi connectivity index (χ0) is 12.5. The number of hydrogen-bond acceptors (Lipinski definition) is 6. The first-order valence-electron chi connectivity index (χ1n) is 3.64. The standard InChI is InChI=1S/C6H4N2O7S.Na.H/c9-7(10)4-1-2-6(16(13,14)15)5(3-4)8(11)12;;/h1-3H,(H,13,14,15);;. The van der Waals surface area contributed by atoms with Crippen LogP contribution < -0.4 is 0 Å². The van der Waals surface area contributed by atoms with Crippen molar-refractivity contribution in [2.45, 2.75) is 4.90 Å². The Balaban J connectivity index is 0.00000256. The van der Waals surface area contributed by atoms with Gasteiger partial charge in [0.25, 0.3) is 11.4 Å². The van der Waals surface area contributed by atoms with Crippen LogP contribution in [0.15, 0.2) is 23.1 Å². The minimum absolute atomic E-state index is 0. The Morgan fingerprint density at radius 2 is 1.65 bits per heavy atom. The van der Waals surface area contributed by atoms with E-state index < -0.39 is 36.2 Å². The van der Waals surface area contributed by atoms with Crippen LogP contribution in [0.3, 0.4) is 0 Å². The second-order valence-corrected chi connectivity index (χ2v) is 4.03. The van der Waals surface area contributed by atoms with Gasteiger partial charge < -0.3 is 0 Å². The molecule has 0 spiro atoms. The molecule has 0 aliphatic carbocycles. The monoisotopic (exact) mass is 272 g/mol. The van der Waals surface area contributed by atoms with Gasteiger partial charge in [-0.3, -0.25) is 24.8 Å². The summed E-state index contributed by atoms with van der Waals surface area (Å²) in [7, 11) is -4.79. The van der Waals surface area contributed by atoms with Gasteiger partial charge in [-0.25, -0.2) is 0 Å². The second kappa shape index (κ2) is 5.51. The fourth-order valence-electron chi connectivity index (χ4n) is 0.980. The minimum atomic E-state index is -4.79. The van der Waals surface area contributed by atoms with Gasteiger partial charge in [0.15, 0.2) is 4.90 Å². The zero-order valence-electron chi connectivity index (χ0n) is 7.43. The Morgan fingerprint density at radius 3 is 2.00 bits per heavy atom. The molecule has 1 aromatic carbocycles. The van der Waals surface area contributed by atoms with Crippen LogP contribution in [-0.4, -0.2) is 52.4 Å². The normalized spacial score (nSPS) is 10.4. The fourth-order valence-corrected chi connectivity index (χ4v) is 1.62. The molecule has 0 atom stereocenters. The maximum absolute atomic E-state index is 10.7. The van der Waals surface area contributed by atoms with Crippen LogP contribution in [0.2, 0.25) is 0 Å². The van der Waals surface area contributed by atoms with Crippen molar-refractivity contribution >= 4 is 51.1 Å². The number of nitro benzene ring substituents is 2. The Bertz CT molecular complexity index is 570. The van der Waals surface area contributed by atoms with Crippen molar-refractivity contribution in [1.82, 2.24) is 0 Å². The predicted octanol–water partition coefficient (Wildman–Crippen LogP) is 0.101. The van der Waals surface area contributed by atoms with E-state index in [0.29, 0.717) is 12.1 Å². The predicted molar refractivity (Wildman–Crippen MR) is 56.7 cm³/mol. The van der Waals surface area contributed by atoms with E-state index in [0.717, 1.165) is 6.07 Å². The number of rotatable bonds is 3. The van der Waals surface area contributed by atoms with Gasteiger partial charge in [-0.1, -0.05) is 0 Å². The molecule has 1 N–H and O–H groups in total.